The fraction of sp³-hybridized carbons (Fsp3) is 0.769. The molecule has 0 aliphatic carbocycles. The molecule has 0 bridgehead atoms. The quantitative estimate of drug-likeness (QED) is 0.789. The third-order valence-corrected chi connectivity index (χ3v) is 3.05. The Hall–Kier alpha value is -0.870. The van der Waals surface area contributed by atoms with E-state index in [0.717, 1.165) is 25.1 Å². The van der Waals surface area contributed by atoms with E-state index in [1.165, 1.54) is 5.69 Å². The third kappa shape index (κ3) is 3.82. The number of hydrogen-bond donors (Lipinski definition) is 1. The van der Waals surface area contributed by atoms with Crippen molar-refractivity contribution in [2.45, 2.75) is 59.2 Å². The lowest BCUT2D eigenvalue weighted by molar-refractivity contribution is 0.0572. The summed E-state index contributed by atoms with van der Waals surface area (Å²) in [6.07, 6.45) is 1.88. The summed E-state index contributed by atoms with van der Waals surface area (Å²) in [7, 11) is 0. The predicted molar refractivity (Wildman–Crippen MR) is 70.0 cm³/mol. The zero-order valence-corrected chi connectivity index (χ0v) is 11.4. The Labute approximate surface area is 104 Å². The first kappa shape index (κ1) is 14.2. The first-order chi connectivity index (χ1) is 8.12. The summed E-state index contributed by atoms with van der Waals surface area (Å²) >= 11 is 0. The molecule has 0 saturated heterocycles. The van der Waals surface area contributed by atoms with Gasteiger partial charge in [-0.2, -0.15) is 5.10 Å². The zero-order valence-electron chi connectivity index (χ0n) is 11.4. The maximum absolute atomic E-state index is 6.14. The third-order valence-electron chi connectivity index (χ3n) is 3.05. The van der Waals surface area contributed by atoms with Crippen molar-refractivity contribution < 1.29 is 4.74 Å². The Bertz CT molecular complexity index is 335. The Morgan fingerprint density at radius 1 is 1.41 bits per heavy atom. The molecule has 0 spiro atoms. The minimum absolute atomic E-state index is 0.0293. The van der Waals surface area contributed by atoms with Gasteiger partial charge in [-0.3, -0.25) is 4.68 Å². The van der Waals surface area contributed by atoms with Gasteiger partial charge in [-0.05, 0) is 33.3 Å². The number of nitrogens with zero attached hydrogens (tertiary/aromatic N) is 2. The second-order valence-electron chi connectivity index (χ2n) is 4.32. The average Bonchev–Trinajstić information content (AvgIpc) is 2.71. The number of nitrogens with two attached hydrogens (primary N) is 1. The van der Waals surface area contributed by atoms with Crippen molar-refractivity contribution in [3.8, 4) is 0 Å². The van der Waals surface area contributed by atoms with Crippen LogP contribution in [0.15, 0.2) is 6.07 Å². The van der Waals surface area contributed by atoms with E-state index in [1.807, 2.05) is 18.5 Å². The van der Waals surface area contributed by atoms with Gasteiger partial charge >= 0.3 is 0 Å². The molecule has 4 nitrogen and oxygen atoms in total. The first-order valence-corrected chi connectivity index (χ1v) is 6.55. The molecule has 17 heavy (non-hydrogen) atoms. The molecular weight excluding hydrogens is 214 g/mol. The summed E-state index contributed by atoms with van der Waals surface area (Å²) < 4.78 is 7.57. The summed E-state index contributed by atoms with van der Waals surface area (Å²) in [5.41, 5.74) is 8.49. The van der Waals surface area contributed by atoms with Crippen LogP contribution in [0.2, 0.25) is 0 Å². The molecule has 0 aliphatic heterocycles. The minimum Gasteiger partial charge on any atom is -0.377 e. The van der Waals surface area contributed by atoms with Gasteiger partial charge < -0.3 is 10.5 Å². The van der Waals surface area contributed by atoms with Crippen molar-refractivity contribution in [1.82, 2.24) is 9.78 Å². The molecule has 0 aliphatic rings. The van der Waals surface area contributed by atoms with Crippen molar-refractivity contribution in [2.75, 3.05) is 6.61 Å². The van der Waals surface area contributed by atoms with Crippen LogP contribution in [0.4, 0.5) is 0 Å². The van der Waals surface area contributed by atoms with Gasteiger partial charge in [0.05, 0.1) is 11.8 Å². The normalized spacial score (nSPS) is 14.9. The molecule has 0 aromatic carbocycles. The Balaban J connectivity index is 2.69. The van der Waals surface area contributed by atoms with Crippen LogP contribution < -0.4 is 5.73 Å². The second-order valence-corrected chi connectivity index (χ2v) is 4.32. The highest BCUT2D eigenvalue weighted by atomic mass is 16.5. The van der Waals surface area contributed by atoms with E-state index in [0.29, 0.717) is 6.61 Å². The highest BCUT2D eigenvalue weighted by Crippen LogP contribution is 2.10. The topological polar surface area (TPSA) is 53.1 Å². The molecule has 1 aromatic rings. The molecule has 0 amide bonds. The lowest BCUT2D eigenvalue weighted by Crippen LogP contribution is -2.37. The first-order valence-electron chi connectivity index (χ1n) is 6.55. The van der Waals surface area contributed by atoms with Gasteiger partial charge in [0.1, 0.15) is 0 Å². The number of aryl methyl sites for hydroxylation is 2. The minimum atomic E-state index is 0.0293. The fourth-order valence-corrected chi connectivity index (χ4v) is 1.92. The SMILES string of the molecule is CCOC(C)C(N)Cc1cc(CC)nn1CC. The molecule has 0 saturated carbocycles. The number of rotatable bonds is 7. The summed E-state index contributed by atoms with van der Waals surface area (Å²) in [5, 5.41) is 4.53. The molecule has 1 aromatic heterocycles. The van der Waals surface area contributed by atoms with E-state index in [-0.39, 0.29) is 12.1 Å². The molecule has 2 unspecified atom stereocenters. The molecule has 4 heteroatoms. The molecule has 0 fully saturated rings. The smallest absolute Gasteiger partial charge is 0.0701 e. The van der Waals surface area contributed by atoms with Crippen LogP contribution in [0.5, 0.6) is 0 Å². The maximum atomic E-state index is 6.14. The van der Waals surface area contributed by atoms with Crippen LogP contribution >= 0.6 is 0 Å². The standard InChI is InChI=1S/C13H25N3O/c1-5-11-8-12(16(6-2)15-11)9-13(14)10(4)17-7-3/h8,10,13H,5-7,9,14H2,1-4H3. The van der Waals surface area contributed by atoms with Crippen molar-refractivity contribution in [1.29, 1.82) is 0 Å². The van der Waals surface area contributed by atoms with Crippen molar-refractivity contribution >= 4 is 0 Å². The molecule has 0 radical (unpaired) electrons. The lowest BCUT2D eigenvalue weighted by atomic mass is 10.1. The van der Waals surface area contributed by atoms with Crippen LogP contribution in [-0.4, -0.2) is 28.5 Å². The van der Waals surface area contributed by atoms with Crippen LogP contribution in [0, 0.1) is 0 Å². The lowest BCUT2D eigenvalue weighted by Gasteiger charge is -2.19. The maximum Gasteiger partial charge on any atom is 0.0701 e. The monoisotopic (exact) mass is 239 g/mol. The van der Waals surface area contributed by atoms with Crippen molar-refractivity contribution in [2.24, 2.45) is 5.73 Å². The van der Waals surface area contributed by atoms with Crippen molar-refractivity contribution in [3.63, 3.8) is 0 Å². The Morgan fingerprint density at radius 3 is 2.65 bits per heavy atom. The average molecular weight is 239 g/mol. The van der Waals surface area contributed by atoms with Crippen LogP contribution in [0.3, 0.4) is 0 Å². The van der Waals surface area contributed by atoms with Crippen LogP contribution in [0.1, 0.15) is 39.1 Å². The van der Waals surface area contributed by atoms with Crippen LogP contribution in [-0.2, 0) is 24.1 Å². The predicted octanol–water partition coefficient (Wildman–Crippen LogP) is 1.76. The molecule has 1 heterocycles. The summed E-state index contributed by atoms with van der Waals surface area (Å²) in [6, 6.07) is 2.18. The highest BCUT2D eigenvalue weighted by Gasteiger charge is 2.16. The summed E-state index contributed by atoms with van der Waals surface area (Å²) in [5.74, 6) is 0. The summed E-state index contributed by atoms with van der Waals surface area (Å²) in [6.45, 7) is 9.85. The number of hydrogen-bond acceptors (Lipinski definition) is 3. The van der Waals surface area contributed by atoms with E-state index in [1.54, 1.807) is 0 Å². The van der Waals surface area contributed by atoms with Gasteiger partial charge in [-0.15, -0.1) is 0 Å². The van der Waals surface area contributed by atoms with E-state index < -0.39 is 0 Å². The van der Waals surface area contributed by atoms with Gasteiger partial charge in [-0.25, -0.2) is 0 Å². The Morgan fingerprint density at radius 2 is 2.12 bits per heavy atom. The fourth-order valence-electron chi connectivity index (χ4n) is 1.92. The van der Waals surface area contributed by atoms with E-state index in [9.17, 15) is 0 Å². The van der Waals surface area contributed by atoms with E-state index >= 15 is 0 Å². The van der Waals surface area contributed by atoms with Gasteiger partial charge in [0.2, 0.25) is 0 Å². The molecule has 1 rings (SSSR count). The van der Waals surface area contributed by atoms with Crippen LogP contribution in [0.25, 0.3) is 0 Å². The molecule has 2 N–H and O–H groups in total. The Kier molecular flexibility index (Phi) is 5.65. The second kappa shape index (κ2) is 6.77. The van der Waals surface area contributed by atoms with Crippen molar-refractivity contribution in [3.05, 3.63) is 17.5 Å². The molecular formula is C13H25N3O. The zero-order chi connectivity index (χ0) is 12.8. The van der Waals surface area contributed by atoms with Gasteiger partial charge in [0, 0.05) is 31.3 Å². The van der Waals surface area contributed by atoms with E-state index in [2.05, 4.69) is 25.0 Å². The van der Waals surface area contributed by atoms with Gasteiger partial charge in [0.25, 0.3) is 0 Å². The molecule has 98 valence electrons. The number of ether oxygens (including phenoxy) is 1. The summed E-state index contributed by atoms with van der Waals surface area (Å²) in [4.78, 5) is 0. The van der Waals surface area contributed by atoms with Gasteiger partial charge in [0.15, 0.2) is 0 Å². The number of aromatic nitrogens is 2. The molecule has 2 atom stereocenters. The van der Waals surface area contributed by atoms with E-state index in [4.69, 9.17) is 10.5 Å². The largest absolute Gasteiger partial charge is 0.377 e. The highest BCUT2D eigenvalue weighted by molar-refractivity contribution is 5.12. The van der Waals surface area contributed by atoms with Gasteiger partial charge in [-0.1, -0.05) is 6.92 Å².